The van der Waals surface area contributed by atoms with Crippen LogP contribution in [0.25, 0.3) is 16.9 Å². The Morgan fingerprint density at radius 2 is 1.71 bits per heavy atom. The van der Waals surface area contributed by atoms with Crippen LogP contribution in [0, 0.1) is 5.92 Å². The monoisotopic (exact) mass is 419 g/mol. The Morgan fingerprint density at radius 1 is 1.03 bits per heavy atom. The first-order valence-corrected chi connectivity index (χ1v) is 10.7. The van der Waals surface area contributed by atoms with Crippen LogP contribution in [0.2, 0.25) is 0 Å². The summed E-state index contributed by atoms with van der Waals surface area (Å²) in [6, 6.07) is 17.1. The van der Waals surface area contributed by atoms with Crippen LogP contribution in [-0.4, -0.2) is 34.8 Å². The van der Waals surface area contributed by atoms with Gasteiger partial charge in [0.05, 0.1) is 18.0 Å². The molecule has 0 radical (unpaired) electrons. The number of ether oxygens (including phenoxy) is 1. The van der Waals surface area contributed by atoms with Crippen LogP contribution in [0.4, 0.5) is 0 Å². The molecule has 3 rings (SSSR count). The number of rotatable bonds is 8. The third kappa shape index (κ3) is 5.40. The number of nitrogens with zero attached hydrogens (tertiary/aromatic N) is 2. The van der Waals surface area contributed by atoms with Gasteiger partial charge in [-0.3, -0.25) is 4.79 Å². The average molecular weight is 420 g/mol. The fourth-order valence-electron chi connectivity index (χ4n) is 3.15. The Balaban J connectivity index is 1.96. The molecule has 1 N–H and O–H groups in total. The highest BCUT2D eigenvalue weighted by atomic mass is 16.5. The van der Waals surface area contributed by atoms with E-state index in [1.807, 2.05) is 24.3 Å². The number of carbonyl (C=O) groups excluding carboxylic acids is 2. The lowest BCUT2D eigenvalue weighted by molar-refractivity contribution is 0.0519. The third-order valence-electron chi connectivity index (χ3n) is 4.90. The summed E-state index contributed by atoms with van der Waals surface area (Å²) < 4.78 is 6.84. The van der Waals surface area contributed by atoms with E-state index in [2.05, 4.69) is 43.3 Å². The zero-order valence-electron chi connectivity index (χ0n) is 18.5. The Hall–Kier alpha value is -3.41. The smallest absolute Gasteiger partial charge is 0.358 e. The Morgan fingerprint density at radius 3 is 2.29 bits per heavy atom. The predicted molar refractivity (Wildman–Crippen MR) is 122 cm³/mol. The van der Waals surface area contributed by atoms with Gasteiger partial charge in [0, 0.05) is 17.7 Å². The normalized spacial score (nSPS) is 10.9. The maximum atomic E-state index is 12.3. The van der Waals surface area contributed by atoms with Crippen molar-refractivity contribution in [1.29, 1.82) is 0 Å². The second kappa shape index (κ2) is 10.1. The lowest BCUT2D eigenvalue weighted by Gasteiger charge is -2.10. The number of hydrogen-bond donors (Lipinski definition) is 1. The molecule has 3 aromatic rings. The predicted octanol–water partition coefficient (Wildman–Crippen LogP) is 4.66. The molecule has 0 aliphatic carbocycles. The number of amides is 1. The van der Waals surface area contributed by atoms with Crippen molar-refractivity contribution in [3.63, 3.8) is 0 Å². The molecule has 1 aromatic heterocycles. The van der Waals surface area contributed by atoms with Crippen LogP contribution < -0.4 is 5.32 Å². The number of esters is 1. The molecule has 0 aliphatic heterocycles. The summed E-state index contributed by atoms with van der Waals surface area (Å²) in [5.41, 5.74) is 4.54. The van der Waals surface area contributed by atoms with Crippen LogP contribution >= 0.6 is 0 Å². The van der Waals surface area contributed by atoms with Gasteiger partial charge in [-0.15, -0.1) is 0 Å². The van der Waals surface area contributed by atoms with Gasteiger partial charge < -0.3 is 10.1 Å². The van der Waals surface area contributed by atoms with Gasteiger partial charge in [-0.1, -0.05) is 45.0 Å². The lowest BCUT2D eigenvalue weighted by atomic mass is 10.1. The quantitative estimate of drug-likeness (QED) is 0.539. The molecule has 1 heterocycles. The van der Waals surface area contributed by atoms with E-state index in [0.29, 0.717) is 18.0 Å². The molecular formula is C25H29N3O3. The SMILES string of the molecule is CCOC(=O)c1cc(-c2ccc(CC)cc2)n(-c2ccc(C(=O)NCC(C)C)cc2)n1. The molecule has 31 heavy (non-hydrogen) atoms. The summed E-state index contributed by atoms with van der Waals surface area (Å²) >= 11 is 0. The van der Waals surface area contributed by atoms with Crippen LogP contribution in [0.15, 0.2) is 54.6 Å². The molecule has 0 aliphatic rings. The Labute approximate surface area is 183 Å². The molecule has 162 valence electrons. The summed E-state index contributed by atoms with van der Waals surface area (Å²) in [4.78, 5) is 24.6. The molecule has 0 unspecified atom stereocenters. The minimum atomic E-state index is -0.461. The van der Waals surface area contributed by atoms with Crippen molar-refractivity contribution in [3.8, 4) is 16.9 Å². The van der Waals surface area contributed by atoms with E-state index >= 15 is 0 Å². The van der Waals surface area contributed by atoms with E-state index in [0.717, 1.165) is 23.4 Å². The molecule has 0 atom stereocenters. The van der Waals surface area contributed by atoms with Crippen LogP contribution in [0.3, 0.4) is 0 Å². The summed E-state index contributed by atoms with van der Waals surface area (Å²) in [5.74, 6) is -0.184. The lowest BCUT2D eigenvalue weighted by Crippen LogP contribution is -2.27. The van der Waals surface area contributed by atoms with Crippen molar-refractivity contribution in [2.45, 2.75) is 34.1 Å². The van der Waals surface area contributed by atoms with Crippen molar-refractivity contribution < 1.29 is 14.3 Å². The van der Waals surface area contributed by atoms with Crippen LogP contribution in [0.1, 0.15) is 54.1 Å². The number of hydrogen-bond acceptors (Lipinski definition) is 4. The van der Waals surface area contributed by atoms with E-state index in [1.165, 1.54) is 5.56 Å². The molecule has 0 saturated carbocycles. The fraction of sp³-hybridized carbons (Fsp3) is 0.320. The fourth-order valence-corrected chi connectivity index (χ4v) is 3.15. The van der Waals surface area contributed by atoms with Crippen molar-refractivity contribution >= 4 is 11.9 Å². The van der Waals surface area contributed by atoms with Crippen LogP contribution in [-0.2, 0) is 11.2 Å². The zero-order valence-corrected chi connectivity index (χ0v) is 18.5. The minimum Gasteiger partial charge on any atom is -0.461 e. The summed E-state index contributed by atoms with van der Waals surface area (Å²) in [6.45, 7) is 8.89. The average Bonchev–Trinajstić information content (AvgIpc) is 3.23. The maximum absolute atomic E-state index is 12.3. The van der Waals surface area contributed by atoms with Crippen molar-refractivity contribution in [2.24, 2.45) is 5.92 Å². The van der Waals surface area contributed by atoms with Gasteiger partial charge in [-0.25, -0.2) is 9.48 Å². The molecular weight excluding hydrogens is 390 g/mol. The van der Waals surface area contributed by atoms with Gasteiger partial charge in [-0.2, -0.15) is 5.10 Å². The highest BCUT2D eigenvalue weighted by Gasteiger charge is 2.18. The number of benzene rings is 2. The maximum Gasteiger partial charge on any atom is 0.358 e. The standard InChI is InChI=1S/C25H29N3O3/c1-5-18-7-9-19(10-8-18)23-15-22(25(30)31-6-2)27-28(23)21-13-11-20(12-14-21)24(29)26-16-17(3)4/h7-15,17H,5-6,16H2,1-4H3,(H,26,29). The van der Waals surface area contributed by atoms with E-state index in [1.54, 1.807) is 29.8 Å². The first kappa shape index (κ1) is 22.3. The molecule has 1 amide bonds. The van der Waals surface area contributed by atoms with Gasteiger partial charge in [0.2, 0.25) is 0 Å². The third-order valence-corrected chi connectivity index (χ3v) is 4.90. The summed E-state index contributed by atoms with van der Waals surface area (Å²) in [7, 11) is 0. The number of aromatic nitrogens is 2. The molecule has 2 aromatic carbocycles. The van der Waals surface area contributed by atoms with Gasteiger partial charge in [0.15, 0.2) is 5.69 Å². The highest BCUT2D eigenvalue weighted by molar-refractivity contribution is 5.94. The Bertz CT molecular complexity index is 1030. The Kier molecular flexibility index (Phi) is 7.23. The number of carbonyl (C=O) groups is 2. The number of nitrogens with one attached hydrogen (secondary N) is 1. The van der Waals surface area contributed by atoms with Gasteiger partial charge >= 0.3 is 5.97 Å². The van der Waals surface area contributed by atoms with Crippen molar-refractivity contribution in [3.05, 3.63) is 71.4 Å². The largest absolute Gasteiger partial charge is 0.461 e. The van der Waals surface area contributed by atoms with Gasteiger partial charge in [-0.05, 0) is 55.2 Å². The van der Waals surface area contributed by atoms with Crippen molar-refractivity contribution in [1.82, 2.24) is 15.1 Å². The first-order valence-electron chi connectivity index (χ1n) is 10.7. The first-order chi connectivity index (χ1) is 14.9. The van der Waals surface area contributed by atoms with E-state index < -0.39 is 5.97 Å². The van der Waals surface area contributed by atoms with Crippen molar-refractivity contribution in [2.75, 3.05) is 13.2 Å². The summed E-state index contributed by atoms with van der Waals surface area (Å²) in [6.07, 6.45) is 0.952. The zero-order chi connectivity index (χ0) is 22.4. The topological polar surface area (TPSA) is 73.2 Å². The van der Waals surface area contributed by atoms with E-state index in [4.69, 9.17) is 4.74 Å². The molecule has 0 fully saturated rings. The minimum absolute atomic E-state index is 0.108. The molecule has 6 heteroatoms. The molecule has 6 nitrogen and oxygen atoms in total. The molecule has 0 saturated heterocycles. The van der Waals surface area contributed by atoms with E-state index in [-0.39, 0.29) is 18.2 Å². The van der Waals surface area contributed by atoms with Crippen LogP contribution in [0.5, 0.6) is 0 Å². The van der Waals surface area contributed by atoms with Gasteiger partial charge in [0.25, 0.3) is 5.91 Å². The van der Waals surface area contributed by atoms with E-state index in [9.17, 15) is 9.59 Å². The molecule has 0 bridgehead atoms. The second-order valence-electron chi connectivity index (χ2n) is 7.75. The van der Waals surface area contributed by atoms with Gasteiger partial charge in [0.1, 0.15) is 0 Å². The molecule has 0 spiro atoms. The second-order valence-corrected chi connectivity index (χ2v) is 7.75. The highest BCUT2D eigenvalue weighted by Crippen LogP contribution is 2.25. The number of aryl methyl sites for hydroxylation is 1. The summed E-state index contributed by atoms with van der Waals surface area (Å²) in [5, 5.41) is 7.41.